The number of rotatable bonds is 6. The van der Waals surface area contributed by atoms with E-state index in [0.717, 1.165) is 27.3 Å². The number of anilines is 1. The maximum absolute atomic E-state index is 5.91. The van der Waals surface area contributed by atoms with E-state index in [0.29, 0.717) is 24.0 Å². The molecule has 0 radical (unpaired) electrons. The molecule has 0 saturated heterocycles. The number of aromatic nitrogens is 4. The second-order valence-corrected chi connectivity index (χ2v) is 7.31. The Morgan fingerprint density at radius 1 is 1.19 bits per heavy atom. The summed E-state index contributed by atoms with van der Waals surface area (Å²) in [4.78, 5) is 0. The Hall–Kier alpha value is -1.90. The van der Waals surface area contributed by atoms with E-state index in [1.165, 1.54) is 0 Å². The van der Waals surface area contributed by atoms with Crippen LogP contribution in [0.2, 0.25) is 5.02 Å². The van der Waals surface area contributed by atoms with Crippen LogP contribution < -0.4 is 10.6 Å². The van der Waals surface area contributed by atoms with Gasteiger partial charge < -0.3 is 10.6 Å². The number of hydrogen-bond acceptors (Lipinski definition) is 3. The normalized spacial score (nSPS) is 10.7. The van der Waals surface area contributed by atoms with Crippen molar-refractivity contribution in [2.24, 2.45) is 0 Å². The van der Waals surface area contributed by atoms with E-state index in [2.05, 4.69) is 36.8 Å². The van der Waals surface area contributed by atoms with E-state index < -0.39 is 0 Å². The SMILES string of the molecule is CCn1cc(Br)c(CNC(=S)Nc2ccn(Cc3ccc(Cl)cc3)n2)n1. The minimum Gasteiger partial charge on any atom is -0.357 e. The van der Waals surface area contributed by atoms with Crippen LogP contribution in [0.25, 0.3) is 0 Å². The molecular weight excluding hydrogens is 436 g/mol. The lowest BCUT2D eigenvalue weighted by atomic mass is 10.2. The molecule has 0 aliphatic carbocycles. The lowest BCUT2D eigenvalue weighted by molar-refractivity contribution is 0.643. The van der Waals surface area contributed by atoms with Gasteiger partial charge in [-0.2, -0.15) is 10.2 Å². The van der Waals surface area contributed by atoms with Crippen molar-refractivity contribution >= 4 is 50.7 Å². The Kier molecular flexibility index (Phi) is 6.29. The number of nitrogens with one attached hydrogen (secondary N) is 2. The number of thiocarbonyl (C=S) groups is 1. The summed E-state index contributed by atoms with van der Waals surface area (Å²) in [5.41, 5.74) is 2.03. The van der Waals surface area contributed by atoms with Crippen molar-refractivity contribution in [2.75, 3.05) is 5.32 Å². The summed E-state index contributed by atoms with van der Waals surface area (Å²) in [6.45, 7) is 4.07. The van der Waals surface area contributed by atoms with E-state index in [1.807, 2.05) is 59.0 Å². The van der Waals surface area contributed by atoms with Gasteiger partial charge in [-0.15, -0.1) is 0 Å². The smallest absolute Gasteiger partial charge is 0.172 e. The predicted octanol–water partition coefficient (Wildman–Crippen LogP) is 4.05. The van der Waals surface area contributed by atoms with Gasteiger partial charge in [0.1, 0.15) is 0 Å². The largest absolute Gasteiger partial charge is 0.357 e. The Labute approximate surface area is 170 Å². The Morgan fingerprint density at radius 2 is 1.96 bits per heavy atom. The first-order valence-corrected chi connectivity index (χ1v) is 9.66. The van der Waals surface area contributed by atoms with Crippen LogP contribution in [-0.2, 0) is 19.6 Å². The molecule has 0 aliphatic heterocycles. The molecule has 0 atom stereocenters. The lowest BCUT2D eigenvalue weighted by Crippen LogP contribution is -2.28. The molecule has 2 heterocycles. The molecule has 2 N–H and O–H groups in total. The Morgan fingerprint density at radius 3 is 2.65 bits per heavy atom. The maximum Gasteiger partial charge on any atom is 0.172 e. The molecule has 26 heavy (non-hydrogen) atoms. The number of benzene rings is 1. The summed E-state index contributed by atoms with van der Waals surface area (Å²) in [7, 11) is 0. The van der Waals surface area contributed by atoms with E-state index in [-0.39, 0.29) is 0 Å². The van der Waals surface area contributed by atoms with Gasteiger partial charge in [0.15, 0.2) is 10.9 Å². The van der Waals surface area contributed by atoms with Gasteiger partial charge in [0.05, 0.1) is 23.3 Å². The molecule has 136 valence electrons. The van der Waals surface area contributed by atoms with Gasteiger partial charge in [-0.25, -0.2) is 0 Å². The predicted molar refractivity (Wildman–Crippen MR) is 111 cm³/mol. The molecule has 6 nitrogen and oxygen atoms in total. The van der Waals surface area contributed by atoms with Crippen LogP contribution in [0.3, 0.4) is 0 Å². The molecule has 0 bridgehead atoms. The van der Waals surface area contributed by atoms with Crippen LogP contribution in [0, 0.1) is 0 Å². The van der Waals surface area contributed by atoms with E-state index in [4.69, 9.17) is 23.8 Å². The van der Waals surface area contributed by atoms with Gasteiger partial charge in [0.2, 0.25) is 0 Å². The van der Waals surface area contributed by atoms with Crippen molar-refractivity contribution in [3.63, 3.8) is 0 Å². The highest BCUT2D eigenvalue weighted by atomic mass is 79.9. The Balaban J connectivity index is 1.52. The molecule has 0 saturated carbocycles. The fourth-order valence-electron chi connectivity index (χ4n) is 2.34. The summed E-state index contributed by atoms with van der Waals surface area (Å²) in [6.07, 6.45) is 3.85. The van der Waals surface area contributed by atoms with Crippen LogP contribution in [0.5, 0.6) is 0 Å². The van der Waals surface area contributed by atoms with E-state index in [1.54, 1.807) is 0 Å². The van der Waals surface area contributed by atoms with E-state index in [9.17, 15) is 0 Å². The fraction of sp³-hybridized carbons (Fsp3) is 0.235. The number of nitrogens with zero attached hydrogens (tertiary/aromatic N) is 4. The summed E-state index contributed by atoms with van der Waals surface area (Å²) < 4.78 is 4.67. The number of aryl methyl sites for hydroxylation is 1. The third-order valence-electron chi connectivity index (χ3n) is 3.67. The minimum absolute atomic E-state index is 0.500. The molecule has 9 heteroatoms. The van der Waals surface area contributed by atoms with Crippen LogP contribution >= 0.6 is 39.7 Å². The number of halogens is 2. The summed E-state index contributed by atoms with van der Waals surface area (Å²) in [5.74, 6) is 0.689. The molecule has 0 spiro atoms. The second kappa shape index (κ2) is 8.66. The molecule has 3 aromatic rings. The van der Waals surface area contributed by atoms with Crippen molar-refractivity contribution in [1.82, 2.24) is 24.9 Å². The van der Waals surface area contributed by atoms with Gasteiger partial charge in [0.25, 0.3) is 0 Å². The van der Waals surface area contributed by atoms with Crippen LogP contribution in [0.1, 0.15) is 18.2 Å². The third kappa shape index (κ3) is 5.06. The van der Waals surface area contributed by atoms with Gasteiger partial charge in [-0.05, 0) is 52.8 Å². The first-order chi connectivity index (χ1) is 12.5. The zero-order valence-corrected chi connectivity index (χ0v) is 17.3. The molecule has 0 amide bonds. The molecule has 1 aromatic carbocycles. The summed E-state index contributed by atoms with van der Waals surface area (Å²) in [5, 5.41) is 16.4. The molecule has 0 aliphatic rings. The first kappa shape index (κ1) is 18.9. The highest BCUT2D eigenvalue weighted by molar-refractivity contribution is 9.10. The van der Waals surface area contributed by atoms with Gasteiger partial charge >= 0.3 is 0 Å². The standard InChI is InChI=1S/C17H18BrClN6S/c1-2-24-11-14(18)15(22-24)9-20-17(26)21-16-7-8-25(23-16)10-12-3-5-13(19)6-4-12/h3-8,11H,2,9-10H2,1H3,(H2,20,21,23,26). The topological polar surface area (TPSA) is 59.7 Å². The molecule has 3 rings (SSSR count). The monoisotopic (exact) mass is 452 g/mol. The molecule has 0 unspecified atom stereocenters. The zero-order chi connectivity index (χ0) is 18.5. The minimum atomic E-state index is 0.500. The highest BCUT2D eigenvalue weighted by Crippen LogP contribution is 2.15. The average Bonchev–Trinajstić information content (AvgIpc) is 3.21. The third-order valence-corrected chi connectivity index (χ3v) is 4.83. The van der Waals surface area contributed by atoms with Crippen LogP contribution in [-0.4, -0.2) is 24.7 Å². The van der Waals surface area contributed by atoms with Crippen molar-refractivity contribution in [2.45, 2.75) is 26.6 Å². The molecule has 0 fully saturated rings. The fourth-order valence-corrected chi connectivity index (χ4v) is 3.10. The van der Waals surface area contributed by atoms with E-state index >= 15 is 0 Å². The van der Waals surface area contributed by atoms with Crippen molar-refractivity contribution in [1.29, 1.82) is 0 Å². The summed E-state index contributed by atoms with van der Waals surface area (Å²) >= 11 is 14.7. The lowest BCUT2D eigenvalue weighted by Gasteiger charge is -2.07. The highest BCUT2D eigenvalue weighted by Gasteiger charge is 2.07. The number of hydrogen-bond donors (Lipinski definition) is 2. The second-order valence-electron chi connectivity index (χ2n) is 5.61. The van der Waals surface area contributed by atoms with Gasteiger partial charge in [0, 0.05) is 30.0 Å². The van der Waals surface area contributed by atoms with Crippen molar-refractivity contribution in [3.8, 4) is 0 Å². The van der Waals surface area contributed by atoms with Gasteiger partial charge in [-0.1, -0.05) is 23.7 Å². The first-order valence-electron chi connectivity index (χ1n) is 8.08. The maximum atomic E-state index is 5.91. The van der Waals surface area contributed by atoms with Crippen LogP contribution in [0.15, 0.2) is 47.2 Å². The molecule has 2 aromatic heterocycles. The molecular formula is C17H18BrClN6S. The quantitative estimate of drug-likeness (QED) is 0.551. The van der Waals surface area contributed by atoms with Crippen LogP contribution in [0.4, 0.5) is 5.82 Å². The average molecular weight is 454 g/mol. The zero-order valence-electron chi connectivity index (χ0n) is 14.1. The Bertz CT molecular complexity index is 889. The van der Waals surface area contributed by atoms with Crippen molar-refractivity contribution in [3.05, 3.63) is 63.5 Å². The summed E-state index contributed by atoms with van der Waals surface area (Å²) in [6, 6.07) is 9.59. The van der Waals surface area contributed by atoms with Crippen molar-refractivity contribution < 1.29 is 0 Å². The van der Waals surface area contributed by atoms with Gasteiger partial charge in [-0.3, -0.25) is 9.36 Å².